The van der Waals surface area contributed by atoms with E-state index >= 15 is 0 Å². The molecule has 0 aliphatic carbocycles. The first kappa shape index (κ1) is 20.1. The molecule has 0 spiro atoms. The fourth-order valence-electron chi connectivity index (χ4n) is 5.51. The van der Waals surface area contributed by atoms with Crippen molar-refractivity contribution in [2.75, 3.05) is 0 Å². The summed E-state index contributed by atoms with van der Waals surface area (Å²) in [6, 6.07) is 11.4. The molecule has 2 heterocycles. The van der Waals surface area contributed by atoms with Gasteiger partial charge in [0, 0.05) is 11.6 Å². The van der Waals surface area contributed by atoms with Crippen molar-refractivity contribution in [3.63, 3.8) is 0 Å². The predicted octanol–water partition coefficient (Wildman–Crippen LogP) is 7.41. The van der Waals surface area contributed by atoms with Gasteiger partial charge < -0.3 is 4.74 Å². The Balaban J connectivity index is 1.90. The van der Waals surface area contributed by atoms with E-state index in [4.69, 9.17) is 4.74 Å². The minimum absolute atomic E-state index is 0.229. The highest BCUT2D eigenvalue weighted by Crippen LogP contribution is 2.51. The van der Waals surface area contributed by atoms with Crippen LogP contribution in [0, 0.1) is 33.1 Å². The molecule has 0 N–H and O–H groups in total. The maximum absolute atomic E-state index is 6.75. The van der Waals surface area contributed by atoms with Crippen molar-refractivity contribution in [2.45, 2.75) is 54.9 Å². The van der Waals surface area contributed by atoms with Gasteiger partial charge in [0.15, 0.2) is 6.20 Å². The monoisotopic (exact) mass is 410 g/mol. The molecule has 0 atom stereocenters. The summed E-state index contributed by atoms with van der Waals surface area (Å²) in [6.45, 7) is 15.7. The van der Waals surface area contributed by atoms with E-state index in [1.807, 2.05) is 0 Å². The Labute approximate surface area is 185 Å². The highest BCUT2D eigenvalue weighted by Gasteiger charge is 2.32. The quantitative estimate of drug-likeness (QED) is 0.262. The second-order valence-corrected chi connectivity index (χ2v) is 10.6. The zero-order chi connectivity index (χ0) is 22.2. The zero-order valence-electron chi connectivity index (χ0n) is 20.0. The third kappa shape index (κ3) is 3.04. The summed E-state index contributed by atoms with van der Waals surface area (Å²) < 4.78 is 9.01. The molecule has 1 aromatic heterocycles. The molecule has 158 valence electrons. The maximum atomic E-state index is 6.75. The van der Waals surface area contributed by atoms with Crippen molar-refractivity contribution in [3.8, 4) is 22.8 Å². The van der Waals surface area contributed by atoms with E-state index in [9.17, 15) is 0 Å². The van der Waals surface area contributed by atoms with Crippen LogP contribution in [0.15, 0.2) is 36.5 Å². The number of aromatic nitrogens is 1. The molecule has 31 heavy (non-hydrogen) atoms. The first-order chi connectivity index (χ1) is 14.5. The van der Waals surface area contributed by atoms with Gasteiger partial charge in [0.05, 0.1) is 10.9 Å². The van der Waals surface area contributed by atoms with Crippen LogP contribution >= 0.6 is 0 Å². The molecule has 0 saturated heterocycles. The van der Waals surface area contributed by atoms with E-state index in [1.54, 1.807) is 0 Å². The second kappa shape index (κ2) is 6.56. The Kier molecular flexibility index (Phi) is 4.25. The van der Waals surface area contributed by atoms with Gasteiger partial charge in [-0.15, -0.1) is 0 Å². The smallest absolute Gasteiger partial charge is 0.228 e. The molecule has 0 bridgehead atoms. The van der Waals surface area contributed by atoms with Gasteiger partial charge >= 0.3 is 0 Å². The van der Waals surface area contributed by atoms with Crippen molar-refractivity contribution in [2.24, 2.45) is 12.5 Å². The number of rotatable bonds is 1. The van der Waals surface area contributed by atoms with E-state index in [1.165, 1.54) is 60.6 Å². The number of nitrogens with zero attached hydrogens (tertiary/aromatic N) is 1. The van der Waals surface area contributed by atoms with Gasteiger partial charge in [-0.25, -0.2) is 4.57 Å². The number of aryl methyl sites for hydroxylation is 5. The molecular formula is C29H32NO+. The fraction of sp³-hybridized carbons (Fsp3) is 0.345. The van der Waals surface area contributed by atoms with Crippen molar-refractivity contribution in [3.05, 3.63) is 64.3 Å². The Morgan fingerprint density at radius 3 is 2.35 bits per heavy atom. The Hall–Kier alpha value is -2.87. The largest absolute Gasteiger partial charge is 0.455 e. The first-order valence-corrected chi connectivity index (χ1v) is 11.2. The van der Waals surface area contributed by atoms with Crippen LogP contribution in [-0.2, 0) is 13.5 Å². The van der Waals surface area contributed by atoms with Gasteiger partial charge in [-0.05, 0) is 78.4 Å². The number of fused-ring (bicyclic) bond motifs is 3. The summed E-state index contributed by atoms with van der Waals surface area (Å²) in [5.74, 6) is 2.00. The van der Waals surface area contributed by atoms with Crippen LogP contribution in [0.3, 0.4) is 0 Å². The predicted molar refractivity (Wildman–Crippen MR) is 130 cm³/mol. The SMILES string of the molecule is Cc1cc(C)c2c(C)c3c(c(C)c2c1)-c1c2c(cc(CC(C)(C)C)cc2cc[n+]1C)O3. The van der Waals surface area contributed by atoms with Gasteiger partial charge in [0.25, 0.3) is 0 Å². The third-order valence-electron chi connectivity index (χ3n) is 6.64. The van der Waals surface area contributed by atoms with Crippen LogP contribution in [0.5, 0.6) is 11.5 Å². The highest BCUT2D eigenvalue weighted by atomic mass is 16.5. The molecule has 4 aromatic rings. The Morgan fingerprint density at radius 2 is 1.65 bits per heavy atom. The van der Waals surface area contributed by atoms with Crippen molar-refractivity contribution in [1.82, 2.24) is 0 Å². The van der Waals surface area contributed by atoms with Crippen LogP contribution in [0.4, 0.5) is 0 Å². The molecule has 0 amide bonds. The summed E-state index contributed by atoms with van der Waals surface area (Å²) in [5.41, 5.74) is 9.22. The normalized spacial score (nSPS) is 12.9. The number of hydrogen-bond donors (Lipinski definition) is 0. The fourth-order valence-corrected chi connectivity index (χ4v) is 5.51. The van der Waals surface area contributed by atoms with Crippen LogP contribution in [0.2, 0.25) is 0 Å². The maximum Gasteiger partial charge on any atom is 0.228 e. The van der Waals surface area contributed by atoms with E-state index in [0.29, 0.717) is 0 Å². The lowest BCUT2D eigenvalue weighted by molar-refractivity contribution is -0.659. The Bertz CT molecular complexity index is 1400. The molecule has 0 saturated carbocycles. The molecular weight excluding hydrogens is 378 g/mol. The van der Waals surface area contributed by atoms with Crippen LogP contribution in [-0.4, -0.2) is 0 Å². The summed E-state index contributed by atoms with van der Waals surface area (Å²) in [6.07, 6.45) is 3.22. The number of ether oxygens (including phenoxy) is 1. The van der Waals surface area contributed by atoms with Crippen molar-refractivity contribution < 1.29 is 9.30 Å². The summed E-state index contributed by atoms with van der Waals surface area (Å²) >= 11 is 0. The van der Waals surface area contributed by atoms with Gasteiger partial charge in [0.2, 0.25) is 5.69 Å². The molecule has 2 heteroatoms. The van der Waals surface area contributed by atoms with E-state index in [0.717, 1.165) is 17.9 Å². The second-order valence-electron chi connectivity index (χ2n) is 10.6. The third-order valence-corrected chi connectivity index (χ3v) is 6.64. The number of hydrogen-bond acceptors (Lipinski definition) is 1. The highest BCUT2D eigenvalue weighted by molar-refractivity contribution is 6.07. The van der Waals surface area contributed by atoms with E-state index < -0.39 is 0 Å². The lowest BCUT2D eigenvalue weighted by atomic mass is 9.85. The molecule has 0 unspecified atom stereocenters. The summed E-state index contributed by atoms with van der Waals surface area (Å²) in [4.78, 5) is 0. The topological polar surface area (TPSA) is 13.1 Å². The number of pyridine rings is 1. The molecule has 0 fully saturated rings. The van der Waals surface area contributed by atoms with Crippen LogP contribution in [0.25, 0.3) is 32.8 Å². The van der Waals surface area contributed by atoms with E-state index in [-0.39, 0.29) is 5.41 Å². The van der Waals surface area contributed by atoms with Gasteiger partial charge in [-0.2, -0.15) is 0 Å². The molecule has 5 rings (SSSR count). The zero-order valence-corrected chi connectivity index (χ0v) is 20.0. The average Bonchev–Trinajstić information content (AvgIpc) is 2.66. The molecule has 1 aliphatic rings. The average molecular weight is 411 g/mol. The van der Waals surface area contributed by atoms with Crippen LogP contribution < -0.4 is 9.30 Å². The van der Waals surface area contributed by atoms with Gasteiger partial charge in [-0.1, -0.05) is 44.5 Å². The minimum atomic E-state index is 0.229. The van der Waals surface area contributed by atoms with Crippen molar-refractivity contribution in [1.29, 1.82) is 0 Å². The lowest BCUT2D eigenvalue weighted by Crippen LogP contribution is -2.32. The Morgan fingerprint density at radius 1 is 0.903 bits per heavy atom. The van der Waals surface area contributed by atoms with E-state index in [2.05, 4.69) is 96.6 Å². The van der Waals surface area contributed by atoms with Crippen LogP contribution in [0.1, 0.15) is 48.6 Å². The molecule has 0 radical (unpaired) electrons. The van der Waals surface area contributed by atoms with Gasteiger partial charge in [-0.3, -0.25) is 0 Å². The van der Waals surface area contributed by atoms with Gasteiger partial charge in [0.1, 0.15) is 18.5 Å². The lowest BCUT2D eigenvalue weighted by Gasteiger charge is -2.26. The minimum Gasteiger partial charge on any atom is -0.455 e. The number of benzene rings is 3. The standard InChI is InChI=1S/C29H32NO/c1-16-11-17(2)24-19(4)28-25(18(3)22(24)12-16)27-26-21(9-10-30(27)8)13-20(14-23(26)31-28)15-29(5,6)7/h9-14H,15H2,1-8H3/q+1. The van der Waals surface area contributed by atoms with Crippen molar-refractivity contribution >= 4 is 21.5 Å². The molecule has 1 aliphatic heterocycles. The molecule has 2 nitrogen and oxygen atoms in total. The summed E-state index contributed by atoms with van der Waals surface area (Å²) in [7, 11) is 2.15. The first-order valence-electron chi connectivity index (χ1n) is 11.2. The molecule has 3 aromatic carbocycles. The summed E-state index contributed by atoms with van der Waals surface area (Å²) in [5, 5.41) is 5.14.